The summed E-state index contributed by atoms with van der Waals surface area (Å²) in [5.41, 5.74) is 3.44. The van der Waals surface area contributed by atoms with Crippen molar-refractivity contribution in [3.63, 3.8) is 0 Å². The number of hydrogen-bond acceptors (Lipinski definition) is 6. The van der Waals surface area contributed by atoms with Gasteiger partial charge in [-0.15, -0.1) is 0 Å². The minimum absolute atomic E-state index is 0.145. The van der Waals surface area contributed by atoms with Crippen LogP contribution >= 0.6 is 47.8 Å². The Hall–Kier alpha value is -1.23. The Kier molecular flexibility index (Phi) is 22.3. The van der Waals surface area contributed by atoms with Gasteiger partial charge in [-0.2, -0.15) is 0 Å². The molecule has 0 aliphatic carbocycles. The first-order chi connectivity index (χ1) is 24.7. The number of carbonyl (C=O) groups is 2. The monoisotopic (exact) mass is 994 g/mol. The van der Waals surface area contributed by atoms with Crippen LogP contribution in [0.2, 0.25) is 36.3 Å². The van der Waals surface area contributed by atoms with Gasteiger partial charge in [0.15, 0.2) is 16.6 Å². The molecular formula is C42H73Br3N2O6Si2. The maximum atomic E-state index is 12.7. The zero-order valence-electron chi connectivity index (χ0n) is 37.2. The lowest BCUT2D eigenvalue weighted by atomic mass is 10.1. The van der Waals surface area contributed by atoms with Gasteiger partial charge in [0.2, 0.25) is 0 Å². The number of alkyl halides is 1. The van der Waals surface area contributed by atoms with Crippen molar-refractivity contribution < 1.29 is 27.9 Å². The first-order valence-corrected chi connectivity index (χ1v) is 27.5. The van der Waals surface area contributed by atoms with E-state index in [1.807, 2.05) is 85.7 Å². The first-order valence-electron chi connectivity index (χ1n) is 19.0. The summed E-state index contributed by atoms with van der Waals surface area (Å²) in [6.45, 7) is 40.5. The van der Waals surface area contributed by atoms with Crippen molar-refractivity contribution in [2.45, 2.75) is 157 Å². The van der Waals surface area contributed by atoms with E-state index in [0.29, 0.717) is 31.3 Å². The van der Waals surface area contributed by atoms with Gasteiger partial charge in [0.1, 0.15) is 11.2 Å². The van der Waals surface area contributed by atoms with E-state index in [1.54, 1.807) is 4.90 Å². The predicted molar refractivity (Wildman–Crippen MR) is 248 cm³/mol. The number of carbonyl (C=O) groups excluding carboxylic acids is 2. The van der Waals surface area contributed by atoms with Crippen LogP contribution in [0.3, 0.4) is 0 Å². The Morgan fingerprint density at radius 3 is 1.49 bits per heavy atom. The average Bonchev–Trinajstić information content (AvgIpc) is 2.99. The molecule has 0 atom stereocenters. The smallest absolute Gasteiger partial charge is 0.410 e. The Bertz CT molecular complexity index is 1490. The molecule has 13 heteroatoms. The zero-order chi connectivity index (χ0) is 43.2. The van der Waals surface area contributed by atoms with E-state index in [2.05, 4.69) is 127 Å². The molecule has 1 N–H and O–H groups in total. The predicted octanol–water partition coefficient (Wildman–Crippen LogP) is 13.7. The van der Waals surface area contributed by atoms with Crippen LogP contribution in [-0.4, -0.2) is 70.0 Å². The summed E-state index contributed by atoms with van der Waals surface area (Å²) >= 11 is 10.3. The Labute approximate surface area is 362 Å². The van der Waals surface area contributed by atoms with Crippen molar-refractivity contribution >= 4 is 76.6 Å². The Morgan fingerprint density at radius 2 is 1.09 bits per heavy atom. The van der Waals surface area contributed by atoms with Crippen molar-refractivity contribution in [1.29, 1.82) is 0 Å². The van der Waals surface area contributed by atoms with Gasteiger partial charge in [-0.1, -0.05) is 114 Å². The molecule has 0 aromatic heterocycles. The Morgan fingerprint density at radius 1 is 0.673 bits per heavy atom. The van der Waals surface area contributed by atoms with E-state index in [9.17, 15) is 9.59 Å². The summed E-state index contributed by atoms with van der Waals surface area (Å²) in [6, 6.07) is 12.1. The highest BCUT2D eigenvalue weighted by Crippen LogP contribution is 2.37. The molecule has 0 saturated heterocycles. The van der Waals surface area contributed by atoms with Gasteiger partial charge in [0, 0.05) is 40.5 Å². The lowest BCUT2D eigenvalue weighted by Gasteiger charge is -2.37. The van der Waals surface area contributed by atoms with Gasteiger partial charge in [0.25, 0.3) is 0 Å². The summed E-state index contributed by atoms with van der Waals surface area (Å²) in [5.74, 6) is 0. The van der Waals surface area contributed by atoms with E-state index in [-0.39, 0.29) is 11.1 Å². The fourth-order valence-corrected chi connectivity index (χ4v) is 7.06. The van der Waals surface area contributed by atoms with E-state index in [4.69, 9.17) is 18.3 Å². The van der Waals surface area contributed by atoms with Crippen LogP contribution in [0.25, 0.3) is 0 Å². The number of benzene rings is 2. The quantitative estimate of drug-likeness (QED) is 0.178. The maximum absolute atomic E-state index is 12.7. The van der Waals surface area contributed by atoms with Gasteiger partial charge in [-0.05, 0) is 126 Å². The fourth-order valence-electron chi connectivity index (χ4n) is 4.03. The lowest BCUT2D eigenvalue weighted by Crippen LogP contribution is -2.44. The molecule has 2 amide bonds. The number of nitrogens with zero attached hydrogens (tertiary/aromatic N) is 1. The number of ether oxygens (including phenoxy) is 2. The van der Waals surface area contributed by atoms with Crippen molar-refractivity contribution in [2.75, 3.05) is 25.1 Å². The van der Waals surface area contributed by atoms with E-state index in [1.165, 1.54) is 0 Å². The lowest BCUT2D eigenvalue weighted by molar-refractivity contribution is 0.0205. The minimum Gasteiger partial charge on any atom is -0.444 e. The molecule has 2 aromatic rings. The third kappa shape index (κ3) is 22.5. The standard InChI is InChI=1S/C21H36BrNO3Si.C13H18BrNO2.C8H19BrOSi/c1-16-14-17(10-11-18(16)22)15-23(19(24)26-20(2,3)4)12-13-25-27(8,9)21(5,6)7;1-9-7-10(5-6-11(9)14)8-15-12(16)17-13(2,3)4;1-8(2,3)11(4,5)10-7-6-9/h10-11,14H,12-13,15H2,1-9H3;5-7H,8H2,1-4H3,(H,15,16);6-7H2,1-5H3. The Balaban J connectivity index is 0.000000885. The number of amides is 2. The first kappa shape index (κ1) is 53.8. The van der Waals surface area contributed by atoms with Gasteiger partial charge in [-0.25, -0.2) is 9.59 Å². The highest BCUT2D eigenvalue weighted by molar-refractivity contribution is 9.11. The van der Waals surface area contributed by atoms with Crippen LogP contribution in [0.15, 0.2) is 45.3 Å². The van der Waals surface area contributed by atoms with E-state index >= 15 is 0 Å². The fraction of sp³-hybridized carbons (Fsp3) is 0.667. The number of halogens is 3. The molecular weight excluding hydrogens is 924 g/mol. The second kappa shape index (κ2) is 22.8. The van der Waals surface area contributed by atoms with Crippen LogP contribution in [0, 0.1) is 13.8 Å². The second-order valence-corrected chi connectivity index (χ2v) is 31.0. The third-order valence-electron chi connectivity index (χ3n) is 9.28. The van der Waals surface area contributed by atoms with E-state index in [0.717, 1.165) is 43.1 Å². The number of hydrogen-bond donors (Lipinski definition) is 1. The molecule has 0 saturated carbocycles. The van der Waals surface area contributed by atoms with Crippen LogP contribution < -0.4 is 5.32 Å². The second-order valence-electron chi connectivity index (χ2n) is 18.8. The number of rotatable bonds is 11. The summed E-state index contributed by atoms with van der Waals surface area (Å²) in [4.78, 5) is 25.9. The molecule has 0 spiro atoms. The molecule has 2 aromatic carbocycles. The third-order valence-corrected chi connectivity index (χ3v) is 20.5. The van der Waals surface area contributed by atoms with Crippen LogP contribution in [0.4, 0.5) is 9.59 Å². The van der Waals surface area contributed by atoms with Crippen molar-refractivity contribution in [1.82, 2.24) is 10.2 Å². The number of nitrogens with one attached hydrogen (secondary N) is 1. The minimum atomic E-state index is -1.85. The van der Waals surface area contributed by atoms with Crippen LogP contribution in [0.5, 0.6) is 0 Å². The van der Waals surface area contributed by atoms with Gasteiger partial charge in [-0.3, -0.25) is 0 Å². The molecule has 8 nitrogen and oxygen atoms in total. The van der Waals surface area contributed by atoms with Gasteiger partial charge >= 0.3 is 12.2 Å². The van der Waals surface area contributed by atoms with Crippen molar-refractivity contribution in [3.8, 4) is 0 Å². The maximum Gasteiger partial charge on any atom is 0.410 e. The molecule has 0 aliphatic rings. The molecule has 0 heterocycles. The average molecular weight is 998 g/mol. The molecule has 0 bridgehead atoms. The van der Waals surface area contributed by atoms with E-state index < -0.39 is 33.9 Å². The summed E-state index contributed by atoms with van der Waals surface area (Å²) in [7, 11) is -3.30. The molecule has 316 valence electrons. The zero-order valence-corrected chi connectivity index (χ0v) is 44.0. The molecule has 2 rings (SSSR count). The molecule has 0 radical (unpaired) electrons. The molecule has 0 fully saturated rings. The SMILES string of the molecule is CC(C)(C)[Si](C)(C)OCCBr.Cc1cc(CN(CCO[Si](C)(C)C(C)(C)C)C(=O)OC(C)(C)C)ccc1Br.Cc1cc(CNC(=O)OC(C)(C)C)ccc1Br. The van der Waals surface area contributed by atoms with Gasteiger partial charge < -0.3 is 28.5 Å². The van der Waals surface area contributed by atoms with Crippen LogP contribution in [0.1, 0.15) is 105 Å². The summed E-state index contributed by atoms with van der Waals surface area (Å²) < 4.78 is 25.0. The number of aryl methyl sites for hydroxylation is 2. The van der Waals surface area contributed by atoms with Crippen molar-refractivity contribution in [3.05, 3.63) is 67.6 Å². The van der Waals surface area contributed by atoms with Gasteiger partial charge in [0.05, 0.1) is 6.61 Å². The highest BCUT2D eigenvalue weighted by atomic mass is 79.9. The largest absolute Gasteiger partial charge is 0.444 e. The molecule has 0 aliphatic heterocycles. The topological polar surface area (TPSA) is 86.3 Å². The normalized spacial score (nSPS) is 12.5. The molecule has 55 heavy (non-hydrogen) atoms. The van der Waals surface area contributed by atoms with Crippen LogP contribution in [-0.2, 0) is 31.4 Å². The number of alkyl carbamates (subject to hydrolysis) is 1. The van der Waals surface area contributed by atoms with Crippen molar-refractivity contribution in [2.24, 2.45) is 0 Å². The summed E-state index contributed by atoms with van der Waals surface area (Å²) in [6.07, 6.45) is -0.694. The molecule has 0 unspecified atom stereocenters. The highest BCUT2D eigenvalue weighted by Gasteiger charge is 2.38. The summed E-state index contributed by atoms with van der Waals surface area (Å²) in [5, 5.41) is 4.16.